The molecule has 4 aromatic rings. The number of benzene rings is 3. The van der Waals surface area contributed by atoms with Gasteiger partial charge in [0, 0.05) is 0 Å². The zero-order chi connectivity index (χ0) is 20.8. The van der Waals surface area contributed by atoms with E-state index in [1.165, 1.54) is 11.8 Å². The molecule has 6 nitrogen and oxygen atoms in total. The maximum atomic E-state index is 12.8. The summed E-state index contributed by atoms with van der Waals surface area (Å²) in [7, 11) is 0. The van der Waals surface area contributed by atoms with Crippen molar-refractivity contribution in [3.63, 3.8) is 0 Å². The van der Waals surface area contributed by atoms with E-state index in [1.54, 1.807) is 4.68 Å². The molecule has 1 amide bonds. The third kappa shape index (κ3) is 4.58. The fourth-order valence-electron chi connectivity index (χ4n) is 3.20. The van der Waals surface area contributed by atoms with E-state index in [1.807, 2.05) is 91.9 Å². The molecule has 30 heavy (non-hydrogen) atoms. The molecule has 1 heterocycles. The zero-order valence-corrected chi connectivity index (χ0v) is 17.3. The maximum Gasteiger partial charge on any atom is 0.231 e. The molecule has 7 heteroatoms. The monoisotopic (exact) mass is 415 g/mol. The van der Waals surface area contributed by atoms with E-state index in [4.69, 9.17) is 0 Å². The van der Waals surface area contributed by atoms with Crippen molar-refractivity contribution in [3.8, 4) is 5.69 Å². The molecule has 0 radical (unpaired) electrons. The molecule has 1 aromatic heterocycles. The third-order valence-corrected chi connectivity index (χ3v) is 5.61. The van der Waals surface area contributed by atoms with Crippen molar-refractivity contribution in [2.45, 2.75) is 18.1 Å². The largest absolute Gasteiger partial charge is 0.344 e. The second-order valence-corrected chi connectivity index (χ2v) is 7.71. The Hall–Kier alpha value is -3.45. The first-order valence-corrected chi connectivity index (χ1v) is 10.6. The highest BCUT2D eigenvalue weighted by molar-refractivity contribution is 7.99. The van der Waals surface area contributed by atoms with Gasteiger partial charge in [-0.05, 0) is 40.1 Å². The smallest absolute Gasteiger partial charge is 0.231 e. The van der Waals surface area contributed by atoms with Gasteiger partial charge in [0.2, 0.25) is 11.1 Å². The maximum absolute atomic E-state index is 12.8. The summed E-state index contributed by atoms with van der Waals surface area (Å²) in [6.07, 6.45) is 0. The second kappa shape index (κ2) is 9.37. The number of rotatable bonds is 7. The van der Waals surface area contributed by atoms with Crippen LogP contribution in [0.2, 0.25) is 0 Å². The lowest BCUT2D eigenvalue weighted by Gasteiger charge is -2.19. The van der Waals surface area contributed by atoms with Crippen LogP contribution in [0.25, 0.3) is 5.69 Å². The number of nitrogens with zero attached hydrogens (tertiary/aromatic N) is 4. The normalized spacial score (nSPS) is 10.9. The molecule has 0 fully saturated rings. The number of amides is 1. The van der Waals surface area contributed by atoms with Gasteiger partial charge in [0.1, 0.15) is 0 Å². The fraction of sp³-hybridized carbons (Fsp3) is 0.130. The van der Waals surface area contributed by atoms with Gasteiger partial charge < -0.3 is 5.32 Å². The first-order chi connectivity index (χ1) is 14.7. The van der Waals surface area contributed by atoms with E-state index in [9.17, 15) is 4.79 Å². The minimum absolute atomic E-state index is 0.0861. The molecule has 150 valence electrons. The van der Waals surface area contributed by atoms with E-state index in [2.05, 4.69) is 20.8 Å². The summed E-state index contributed by atoms with van der Waals surface area (Å²) in [5.41, 5.74) is 4.03. The lowest BCUT2D eigenvalue weighted by molar-refractivity contribution is -0.119. The van der Waals surface area contributed by atoms with Crippen molar-refractivity contribution in [2.75, 3.05) is 5.75 Å². The summed E-state index contributed by atoms with van der Waals surface area (Å²) >= 11 is 1.31. The Morgan fingerprint density at radius 1 is 0.933 bits per heavy atom. The SMILES string of the molecule is Cc1ccccc1-n1nnnc1SCC(=O)NC(c1ccccc1)c1ccccc1. The van der Waals surface area contributed by atoms with Crippen molar-refractivity contribution < 1.29 is 4.79 Å². The summed E-state index contributed by atoms with van der Waals surface area (Å²) in [5.74, 6) is 0.125. The number of thioether (sulfide) groups is 1. The average Bonchev–Trinajstić information content (AvgIpc) is 3.26. The summed E-state index contributed by atoms with van der Waals surface area (Å²) in [6, 6.07) is 27.6. The number of carbonyl (C=O) groups is 1. The van der Waals surface area contributed by atoms with Crippen molar-refractivity contribution in [2.24, 2.45) is 0 Å². The van der Waals surface area contributed by atoms with E-state index in [0.717, 1.165) is 22.4 Å². The van der Waals surface area contributed by atoms with E-state index >= 15 is 0 Å². The summed E-state index contributed by atoms with van der Waals surface area (Å²) < 4.78 is 1.67. The van der Waals surface area contributed by atoms with Gasteiger partial charge in [0.25, 0.3) is 0 Å². The second-order valence-electron chi connectivity index (χ2n) is 6.77. The predicted molar refractivity (Wildman–Crippen MR) is 117 cm³/mol. The van der Waals surface area contributed by atoms with Crippen molar-refractivity contribution in [1.29, 1.82) is 0 Å². The average molecular weight is 416 g/mol. The summed E-state index contributed by atoms with van der Waals surface area (Å²) in [4.78, 5) is 12.8. The number of aryl methyl sites for hydroxylation is 1. The minimum atomic E-state index is -0.215. The molecular weight excluding hydrogens is 394 g/mol. The molecule has 3 aromatic carbocycles. The quantitative estimate of drug-likeness (QED) is 0.463. The lowest BCUT2D eigenvalue weighted by Crippen LogP contribution is -2.30. The molecule has 0 aliphatic heterocycles. The Kier molecular flexibility index (Phi) is 6.20. The highest BCUT2D eigenvalue weighted by atomic mass is 32.2. The molecule has 0 aliphatic carbocycles. The highest BCUT2D eigenvalue weighted by Crippen LogP contribution is 2.23. The summed E-state index contributed by atoms with van der Waals surface area (Å²) in [5, 5.41) is 15.7. The van der Waals surface area contributed by atoms with Crippen molar-refractivity contribution >= 4 is 17.7 Å². The molecular formula is C23H21N5OS. The molecule has 1 N–H and O–H groups in total. The number of carbonyl (C=O) groups excluding carboxylic acids is 1. The Morgan fingerprint density at radius 2 is 1.53 bits per heavy atom. The molecule has 0 aliphatic rings. The molecule has 0 saturated carbocycles. The minimum Gasteiger partial charge on any atom is -0.344 e. The van der Waals surface area contributed by atoms with Gasteiger partial charge in [-0.15, -0.1) is 5.10 Å². The molecule has 0 bridgehead atoms. The molecule has 4 rings (SSSR count). The number of nitrogens with one attached hydrogen (secondary N) is 1. The van der Waals surface area contributed by atoms with E-state index < -0.39 is 0 Å². The Balaban J connectivity index is 1.48. The molecule has 0 atom stereocenters. The molecule has 0 unspecified atom stereocenters. The Morgan fingerprint density at radius 3 is 2.17 bits per heavy atom. The third-order valence-electron chi connectivity index (χ3n) is 4.69. The highest BCUT2D eigenvalue weighted by Gasteiger charge is 2.18. The van der Waals surface area contributed by atoms with Crippen LogP contribution >= 0.6 is 11.8 Å². The number of aromatic nitrogens is 4. The summed E-state index contributed by atoms with van der Waals surface area (Å²) in [6.45, 7) is 2.00. The van der Waals surface area contributed by atoms with Gasteiger partial charge in [0.15, 0.2) is 0 Å². The van der Waals surface area contributed by atoms with E-state index in [0.29, 0.717) is 5.16 Å². The topological polar surface area (TPSA) is 72.7 Å². The van der Waals surface area contributed by atoms with Crippen LogP contribution < -0.4 is 5.32 Å². The zero-order valence-electron chi connectivity index (χ0n) is 16.5. The first-order valence-electron chi connectivity index (χ1n) is 9.59. The van der Waals surface area contributed by atoms with Crippen molar-refractivity contribution in [3.05, 3.63) is 102 Å². The Labute approximate surface area is 179 Å². The van der Waals surface area contributed by atoms with Crippen LogP contribution in [0.5, 0.6) is 0 Å². The van der Waals surface area contributed by atoms with Crippen LogP contribution in [0.3, 0.4) is 0 Å². The van der Waals surface area contributed by atoms with Gasteiger partial charge in [-0.3, -0.25) is 4.79 Å². The van der Waals surface area contributed by atoms with E-state index in [-0.39, 0.29) is 17.7 Å². The Bertz CT molecular complexity index is 1080. The predicted octanol–water partition coefficient (Wildman–Crippen LogP) is 3.97. The van der Waals surface area contributed by atoms with Gasteiger partial charge in [-0.2, -0.15) is 4.68 Å². The van der Waals surface area contributed by atoms with Crippen LogP contribution in [0.15, 0.2) is 90.1 Å². The van der Waals surface area contributed by atoms with Gasteiger partial charge in [-0.1, -0.05) is 90.6 Å². The van der Waals surface area contributed by atoms with Gasteiger partial charge in [0.05, 0.1) is 17.5 Å². The van der Waals surface area contributed by atoms with Gasteiger partial charge >= 0.3 is 0 Å². The van der Waals surface area contributed by atoms with Gasteiger partial charge in [-0.25, -0.2) is 0 Å². The van der Waals surface area contributed by atoms with Crippen LogP contribution in [-0.2, 0) is 4.79 Å². The van der Waals surface area contributed by atoms with Crippen LogP contribution in [0.4, 0.5) is 0 Å². The lowest BCUT2D eigenvalue weighted by atomic mass is 9.99. The van der Waals surface area contributed by atoms with Crippen LogP contribution in [0, 0.1) is 6.92 Å². The number of hydrogen-bond donors (Lipinski definition) is 1. The number of hydrogen-bond acceptors (Lipinski definition) is 5. The number of tetrazole rings is 1. The first kappa shape index (κ1) is 19.8. The number of para-hydroxylation sites is 1. The van der Waals surface area contributed by atoms with Crippen molar-refractivity contribution in [1.82, 2.24) is 25.5 Å². The van der Waals surface area contributed by atoms with Crippen LogP contribution in [-0.4, -0.2) is 31.9 Å². The molecule has 0 spiro atoms. The van der Waals surface area contributed by atoms with Crippen LogP contribution in [0.1, 0.15) is 22.7 Å². The molecule has 0 saturated heterocycles. The standard InChI is InChI=1S/C23H21N5OS/c1-17-10-8-9-15-20(17)28-23(25-26-27-28)30-16-21(29)24-22(18-11-4-2-5-12-18)19-13-6-3-7-14-19/h2-15,22H,16H2,1H3,(H,24,29). The fourth-order valence-corrected chi connectivity index (χ4v) is 3.90.